The molecule has 0 saturated heterocycles. The van der Waals surface area contributed by atoms with E-state index in [1.54, 1.807) is 17.9 Å². The summed E-state index contributed by atoms with van der Waals surface area (Å²) in [6.07, 6.45) is 6.67. The minimum absolute atomic E-state index is 0.0962. The Morgan fingerprint density at radius 2 is 1.97 bits per heavy atom. The van der Waals surface area contributed by atoms with E-state index in [1.807, 2.05) is 26.1 Å². The van der Waals surface area contributed by atoms with Crippen LogP contribution in [0.15, 0.2) is 41.6 Å². The largest absolute Gasteiger partial charge is 0.323 e. The molecule has 1 saturated carbocycles. The first-order valence-electron chi connectivity index (χ1n) is 11.1. The molecule has 3 aromatic heterocycles. The summed E-state index contributed by atoms with van der Waals surface area (Å²) in [5.41, 5.74) is 2.92. The predicted octanol–water partition coefficient (Wildman–Crippen LogP) is 3.93. The number of hydrogen-bond donors (Lipinski definition) is 2. The van der Waals surface area contributed by atoms with E-state index >= 15 is 4.39 Å². The Kier molecular flexibility index (Phi) is 5.55. The Morgan fingerprint density at radius 1 is 1.20 bits per heavy atom. The van der Waals surface area contributed by atoms with Gasteiger partial charge < -0.3 is 10.2 Å². The van der Waals surface area contributed by atoms with Crippen LogP contribution in [0.1, 0.15) is 35.6 Å². The van der Waals surface area contributed by atoms with E-state index in [4.69, 9.17) is 9.97 Å². The molecule has 0 spiro atoms. The Morgan fingerprint density at radius 3 is 2.54 bits per heavy atom. The van der Waals surface area contributed by atoms with Gasteiger partial charge in [0.15, 0.2) is 21.5 Å². The zero-order chi connectivity index (χ0) is 24.9. The lowest BCUT2D eigenvalue weighted by atomic mass is 10.1. The van der Waals surface area contributed by atoms with E-state index < -0.39 is 15.7 Å². The number of nitrogens with one attached hydrogen (secondary N) is 2. The molecule has 1 aliphatic carbocycles. The molecular weight excluding hydrogens is 471 g/mol. The van der Waals surface area contributed by atoms with Crippen molar-refractivity contribution < 1.29 is 12.8 Å². The molecule has 0 aliphatic heterocycles. The molecule has 12 heteroatoms. The van der Waals surface area contributed by atoms with Gasteiger partial charge in [0.25, 0.3) is 0 Å². The molecule has 182 valence electrons. The number of nitrogens with zero attached hydrogens (tertiary/aromatic N) is 6. The van der Waals surface area contributed by atoms with E-state index in [0.717, 1.165) is 42.0 Å². The van der Waals surface area contributed by atoms with Gasteiger partial charge in [0.05, 0.1) is 16.8 Å². The van der Waals surface area contributed by atoms with Crippen LogP contribution < -0.4 is 10.2 Å². The quantitative estimate of drug-likeness (QED) is 0.395. The number of aryl methyl sites for hydroxylation is 2. The fraction of sp³-hybridized carbons (Fsp3) is 0.304. The molecule has 0 radical (unpaired) electrons. The summed E-state index contributed by atoms with van der Waals surface area (Å²) >= 11 is 0. The van der Waals surface area contributed by atoms with Crippen molar-refractivity contribution in [3.63, 3.8) is 0 Å². The maximum absolute atomic E-state index is 15.0. The Labute approximate surface area is 202 Å². The number of aromatic nitrogens is 6. The monoisotopic (exact) mass is 496 g/mol. The predicted molar refractivity (Wildman–Crippen MR) is 130 cm³/mol. The molecule has 35 heavy (non-hydrogen) atoms. The third-order valence-corrected chi connectivity index (χ3v) is 6.90. The van der Waals surface area contributed by atoms with Crippen molar-refractivity contribution in [3.8, 4) is 5.82 Å². The summed E-state index contributed by atoms with van der Waals surface area (Å²) < 4.78 is 40.4. The van der Waals surface area contributed by atoms with Gasteiger partial charge in [-0.15, -0.1) is 0 Å². The van der Waals surface area contributed by atoms with Crippen LogP contribution in [0.2, 0.25) is 0 Å². The maximum atomic E-state index is 15.0. The highest BCUT2D eigenvalue weighted by molar-refractivity contribution is 7.90. The smallest absolute Gasteiger partial charge is 0.233 e. The number of halogens is 1. The second-order valence-electron chi connectivity index (χ2n) is 8.85. The minimum atomic E-state index is -3.54. The van der Waals surface area contributed by atoms with Crippen LogP contribution in [0.25, 0.3) is 5.82 Å². The molecule has 3 heterocycles. The number of aromatic amines is 1. The molecule has 1 aromatic carbocycles. The first-order valence-corrected chi connectivity index (χ1v) is 13.0. The number of benzene rings is 1. The maximum Gasteiger partial charge on any atom is 0.233 e. The zero-order valence-electron chi connectivity index (χ0n) is 19.7. The molecule has 10 nitrogen and oxygen atoms in total. The van der Waals surface area contributed by atoms with Crippen LogP contribution in [-0.2, 0) is 9.84 Å². The molecule has 1 fully saturated rings. The van der Waals surface area contributed by atoms with E-state index in [9.17, 15) is 8.42 Å². The van der Waals surface area contributed by atoms with Crippen molar-refractivity contribution in [2.24, 2.45) is 0 Å². The lowest BCUT2D eigenvalue weighted by Gasteiger charge is -2.22. The fourth-order valence-electron chi connectivity index (χ4n) is 3.84. The first-order chi connectivity index (χ1) is 16.6. The van der Waals surface area contributed by atoms with Crippen molar-refractivity contribution in [1.82, 2.24) is 29.9 Å². The molecule has 0 bridgehead atoms. The van der Waals surface area contributed by atoms with Gasteiger partial charge in [-0.2, -0.15) is 20.2 Å². The van der Waals surface area contributed by atoms with Crippen LogP contribution in [0, 0.1) is 19.7 Å². The van der Waals surface area contributed by atoms with Crippen LogP contribution in [0.4, 0.5) is 27.7 Å². The van der Waals surface area contributed by atoms with E-state index in [-0.39, 0.29) is 22.4 Å². The summed E-state index contributed by atoms with van der Waals surface area (Å²) in [7, 11) is -1.91. The van der Waals surface area contributed by atoms with Crippen LogP contribution >= 0.6 is 0 Å². The SMILES string of the molecule is Cc1cnn(-c2nc(N(C)c3ccc(S(C)(=O)=O)cc3F)nc(Nc3cc(C)[nH]n3)c2C2CC2)c1. The van der Waals surface area contributed by atoms with Gasteiger partial charge in [-0.3, -0.25) is 5.10 Å². The minimum Gasteiger partial charge on any atom is -0.323 e. The number of rotatable bonds is 7. The summed E-state index contributed by atoms with van der Waals surface area (Å²) in [5.74, 6) is 1.55. The zero-order valence-corrected chi connectivity index (χ0v) is 20.6. The molecule has 1 aliphatic rings. The lowest BCUT2D eigenvalue weighted by Crippen LogP contribution is -2.19. The summed E-state index contributed by atoms with van der Waals surface area (Å²) in [6.45, 7) is 3.85. The molecule has 4 aromatic rings. The molecular formula is C23H25FN8O2S. The number of H-pyrrole nitrogens is 1. The van der Waals surface area contributed by atoms with Gasteiger partial charge in [-0.05, 0) is 56.4 Å². The normalized spacial score (nSPS) is 13.7. The highest BCUT2D eigenvalue weighted by atomic mass is 32.2. The van der Waals surface area contributed by atoms with Crippen LogP contribution in [-0.4, -0.2) is 51.7 Å². The second-order valence-corrected chi connectivity index (χ2v) is 10.9. The molecule has 2 N–H and O–H groups in total. The third kappa shape index (κ3) is 4.61. The van der Waals surface area contributed by atoms with Gasteiger partial charge >= 0.3 is 0 Å². The molecule has 0 amide bonds. The number of sulfone groups is 1. The Bertz CT molecular complexity index is 1520. The van der Waals surface area contributed by atoms with Crippen molar-refractivity contribution in [2.45, 2.75) is 37.5 Å². The first kappa shape index (κ1) is 23.0. The summed E-state index contributed by atoms with van der Waals surface area (Å²) in [6, 6.07) is 5.64. The van der Waals surface area contributed by atoms with Gasteiger partial charge in [0.1, 0.15) is 11.6 Å². The van der Waals surface area contributed by atoms with E-state index in [0.29, 0.717) is 17.5 Å². The second kappa shape index (κ2) is 8.45. The van der Waals surface area contributed by atoms with Crippen molar-refractivity contribution in [1.29, 1.82) is 0 Å². The highest BCUT2D eigenvalue weighted by Crippen LogP contribution is 2.46. The average molecular weight is 497 g/mol. The van der Waals surface area contributed by atoms with Crippen molar-refractivity contribution >= 4 is 33.1 Å². The van der Waals surface area contributed by atoms with Crippen molar-refractivity contribution in [2.75, 3.05) is 23.5 Å². The Hall–Kier alpha value is -3.80. The Balaban J connectivity index is 1.65. The van der Waals surface area contributed by atoms with Gasteiger partial charge in [-0.1, -0.05) is 0 Å². The van der Waals surface area contributed by atoms with Crippen molar-refractivity contribution in [3.05, 3.63) is 59.3 Å². The summed E-state index contributed by atoms with van der Waals surface area (Å²) in [4.78, 5) is 10.9. The fourth-order valence-corrected chi connectivity index (χ4v) is 4.48. The number of anilines is 4. The lowest BCUT2D eigenvalue weighted by molar-refractivity contribution is 0.596. The van der Waals surface area contributed by atoms with E-state index in [1.165, 1.54) is 17.0 Å². The highest BCUT2D eigenvalue weighted by Gasteiger charge is 2.33. The van der Waals surface area contributed by atoms with Gasteiger partial charge in [0, 0.05) is 36.8 Å². The van der Waals surface area contributed by atoms with Crippen LogP contribution in [0.5, 0.6) is 0 Å². The van der Waals surface area contributed by atoms with Gasteiger partial charge in [-0.25, -0.2) is 17.5 Å². The number of hydrogen-bond acceptors (Lipinski definition) is 8. The topological polar surface area (TPSA) is 122 Å². The molecule has 0 unspecified atom stereocenters. The third-order valence-electron chi connectivity index (χ3n) is 5.79. The average Bonchev–Trinajstić information content (AvgIpc) is 3.41. The van der Waals surface area contributed by atoms with E-state index in [2.05, 4.69) is 20.6 Å². The molecule has 5 rings (SSSR count). The standard InChI is InChI=1S/C23H25FN8O2S/c1-13-11-25-32(12-13)22-20(15-5-6-15)21(26-19-9-14(2)29-30-19)27-23(28-22)31(3)18-8-7-16(10-17(18)24)35(4,33)34/h7-12,15H,5-6H2,1-4H3,(H2,26,27,28,29,30). The van der Waals surface area contributed by atoms with Crippen LogP contribution in [0.3, 0.4) is 0 Å². The summed E-state index contributed by atoms with van der Waals surface area (Å²) in [5, 5.41) is 14.9. The molecule has 0 atom stereocenters. The van der Waals surface area contributed by atoms with Gasteiger partial charge in [0.2, 0.25) is 5.95 Å².